The first-order valence-corrected chi connectivity index (χ1v) is 8.21. The van der Waals surface area contributed by atoms with Gasteiger partial charge >= 0.3 is 0 Å². The van der Waals surface area contributed by atoms with Gasteiger partial charge < -0.3 is 29.6 Å². The molecule has 0 aromatic heterocycles. The number of nitrogens with one attached hydrogen (secondary N) is 2. The van der Waals surface area contributed by atoms with Crippen LogP contribution in [0.1, 0.15) is 12.8 Å². The van der Waals surface area contributed by atoms with E-state index < -0.39 is 0 Å². The molecule has 0 amide bonds. The Labute approximate surface area is 159 Å². The van der Waals surface area contributed by atoms with Gasteiger partial charge in [0, 0.05) is 53.4 Å². The molecule has 0 aromatic rings. The van der Waals surface area contributed by atoms with Crippen molar-refractivity contribution >= 4 is 24.8 Å². The Balaban J connectivity index is 0. The molecule has 6 nitrogen and oxygen atoms in total. The topological polar surface area (TPSA) is 61.0 Å². The number of hydrogen-bond donors (Lipinski definition) is 2. The Morgan fingerprint density at radius 2 is 1.08 bits per heavy atom. The summed E-state index contributed by atoms with van der Waals surface area (Å²) in [7, 11) is 7.02. The molecule has 0 spiro atoms. The van der Waals surface area contributed by atoms with Crippen molar-refractivity contribution in [1.29, 1.82) is 0 Å². The first kappa shape index (κ1) is 26.6. The van der Waals surface area contributed by atoms with E-state index in [0.717, 1.165) is 52.2 Å². The molecule has 2 aliphatic heterocycles. The van der Waals surface area contributed by atoms with E-state index in [4.69, 9.17) is 18.9 Å². The zero-order valence-corrected chi connectivity index (χ0v) is 17.0. The Hall–Kier alpha value is 0.340. The normalized spacial score (nSPS) is 29.5. The number of rotatable bonds is 6. The molecule has 2 aliphatic rings. The second-order valence-electron chi connectivity index (χ2n) is 5.96. The van der Waals surface area contributed by atoms with E-state index in [1.54, 1.807) is 28.4 Å². The highest BCUT2D eigenvalue weighted by Crippen LogP contribution is 2.15. The van der Waals surface area contributed by atoms with Gasteiger partial charge in [0.25, 0.3) is 0 Å². The molecule has 148 valence electrons. The van der Waals surface area contributed by atoms with Gasteiger partial charge in [-0.1, -0.05) is 0 Å². The molecular weight excluding hydrogens is 355 g/mol. The third kappa shape index (κ3) is 9.73. The minimum Gasteiger partial charge on any atom is -0.384 e. The predicted octanol–water partition coefficient (Wildman–Crippen LogP) is 1.36. The van der Waals surface area contributed by atoms with Crippen molar-refractivity contribution < 1.29 is 18.9 Å². The summed E-state index contributed by atoms with van der Waals surface area (Å²) >= 11 is 0. The molecule has 2 N–H and O–H groups in total. The third-order valence-electron chi connectivity index (χ3n) is 4.49. The molecule has 0 aliphatic carbocycles. The summed E-state index contributed by atoms with van der Waals surface area (Å²) in [6, 6.07) is 0. The maximum Gasteiger partial charge on any atom is 0.0746 e. The SMILES string of the molecule is COC[C@@H]1CCNC[C@@H]1OC.COC[C@H]1CCNC[C@H]1OC.Cl.Cl. The van der Waals surface area contributed by atoms with Crippen LogP contribution >= 0.6 is 24.8 Å². The van der Waals surface area contributed by atoms with E-state index in [-0.39, 0.29) is 24.8 Å². The van der Waals surface area contributed by atoms with Crippen molar-refractivity contribution in [3.05, 3.63) is 0 Å². The Morgan fingerprint density at radius 1 is 0.708 bits per heavy atom. The van der Waals surface area contributed by atoms with Crippen LogP contribution in [0, 0.1) is 11.8 Å². The smallest absolute Gasteiger partial charge is 0.0746 e. The number of halogens is 2. The molecule has 2 saturated heterocycles. The van der Waals surface area contributed by atoms with Crippen LogP contribution in [0.5, 0.6) is 0 Å². The molecule has 24 heavy (non-hydrogen) atoms. The summed E-state index contributed by atoms with van der Waals surface area (Å²) in [5, 5.41) is 6.59. The van der Waals surface area contributed by atoms with E-state index in [1.807, 2.05) is 0 Å². The van der Waals surface area contributed by atoms with Gasteiger partial charge in [0.15, 0.2) is 0 Å². The summed E-state index contributed by atoms with van der Waals surface area (Å²) in [5.74, 6) is 1.15. The van der Waals surface area contributed by atoms with Crippen LogP contribution in [0.25, 0.3) is 0 Å². The average Bonchev–Trinajstić information content (AvgIpc) is 2.57. The maximum absolute atomic E-state index is 5.31. The van der Waals surface area contributed by atoms with E-state index in [0.29, 0.717) is 24.0 Å². The summed E-state index contributed by atoms with van der Waals surface area (Å²) in [5.41, 5.74) is 0. The first-order valence-electron chi connectivity index (χ1n) is 8.21. The van der Waals surface area contributed by atoms with Crippen LogP contribution in [0.2, 0.25) is 0 Å². The van der Waals surface area contributed by atoms with Gasteiger partial charge in [-0.05, 0) is 25.9 Å². The van der Waals surface area contributed by atoms with Crippen molar-refractivity contribution in [2.75, 3.05) is 67.8 Å². The van der Waals surface area contributed by atoms with E-state index in [9.17, 15) is 0 Å². The van der Waals surface area contributed by atoms with Crippen molar-refractivity contribution in [2.45, 2.75) is 25.0 Å². The fourth-order valence-electron chi connectivity index (χ4n) is 3.13. The van der Waals surface area contributed by atoms with Crippen LogP contribution < -0.4 is 10.6 Å². The lowest BCUT2D eigenvalue weighted by molar-refractivity contribution is -0.00114. The molecule has 4 atom stereocenters. The van der Waals surface area contributed by atoms with Crippen molar-refractivity contribution in [3.63, 3.8) is 0 Å². The molecular formula is C16H36Cl2N2O4. The van der Waals surface area contributed by atoms with Crippen LogP contribution in [0.4, 0.5) is 0 Å². The zero-order chi connectivity index (χ0) is 16.2. The molecule has 2 fully saturated rings. The van der Waals surface area contributed by atoms with Crippen molar-refractivity contribution in [3.8, 4) is 0 Å². The van der Waals surface area contributed by atoms with E-state index >= 15 is 0 Å². The lowest BCUT2D eigenvalue weighted by Gasteiger charge is -2.30. The predicted molar refractivity (Wildman–Crippen MR) is 102 cm³/mol. The number of ether oxygens (including phenoxy) is 4. The Bertz CT molecular complexity index is 248. The summed E-state index contributed by atoms with van der Waals surface area (Å²) < 4.78 is 20.8. The second kappa shape index (κ2) is 16.8. The van der Waals surface area contributed by atoms with Crippen LogP contribution in [-0.4, -0.2) is 80.0 Å². The summed E-state index contributed by atoms with van der Waals surface area (Å²) in [6.07, 6.45) is 2.99. The first-order chi connectivity index (χ1) is 10.8. The van der Waals surface area contributed by atoms with Crippen molar-refractivity contribution in [1.82, 2.24) is 10.6 Å². The summed E-state index contributed by atoms with van der Waals surface area (Å²) in [4.78, 5) is 0. The third-order valence-corrected chi connectivity index (χ3v) is 4.49. The van der Waals surface area contributed by atoms with Crippen LogP contribution in [0.15, 0.2) is 0 Å². The van der Waals surface area contributed by atoms with E-state index in [1.165, 1.54) is 0 Å². The number of hydrogen-bond acceptors (Lipinski definition) is 6. The Morgan fingerprint density at radius 3 is 1.38 bits per heavy atom. The number of piperidine rings is 2. The fourth-order valence-corrected chi connectivity index (χ4v) is 3.13. The monoisotopic (exact) mass is 390 g/mol. The van der Waals surface area contributed by atoms with Crippen molar-refractivity contribution in [2.24, 2.45) is 11.8 Å². The molecule has 0 radical (unpaired) electrons. The van der Waals surface area contributed by atoms with Gasteiger partial charge in [-0.3, -0.25) is 0 Å². The van der Waals surface area contributed by atoms with Gasteiger partial charge in [0.2, 0.25) is 0 Å². The van der Waals surface area contributed by atoms with Crippen LogP contribution in [0.3, 0.4) is 0 Å². The largest absolute Gasteiger partial charge is 0.384 e. The van der Waals surface area contributed by atoms with Gasteiger partial charge in [-0.25, -0.2) is 0 Å². The van der Waals surface area contributed by atoms with Gasteiger partial charge in [0.05, 0.1) is 25.4 Å². The second-order valence-corrected chi connectivity index (χ2v) is 5.96. The highest BCUT2D eigenvalue weighted by molar-refractivity contribution is 5.85. The molecule has 0 saturated carbocycles. The number of methoxy groups -OCH3 is 4. The molecule has 0 bridgehead atoms. The Kier molecular flexibility index (Phi) is 18.6. The van der Waals surface area contributed by atoms with Crippen LogP contribution in [-0.2, 0) is 18.9 Å². The van der Waals surface area contributed by atoms with Gasteiger partial charge in [-0.2, -0.15) is 0 Å². The average molecular weight is 391 g/mol. The quantitative estimate of drug-likeness (QED) is 0.713. The molecule has 2 rings (SSSR count). The lowest BCUT2D eigenvalue weighted by atomic mass is 9.96. The minimum atomic E-state index is 0. The lowest BCUT2D eigenvalue weighted by Crippen LogP contribution is -2.43. The highest BCUT2D eigenvalue weighted by Gasteiger charge is 2.24. The standard InChI is InChI=1S/2C8H17NO2.2ClH/c2*1-10-6-7-3-4-9-5-8(7)11-2;;/h2*7-9H,3-6H2,1-2H3;2*1H/t2*7-,8-;;/m10../s1. The fraction of sp³-hybridized carbons (Fsp3) is 1.00. The van der Waals surface area contributed by atoms with Gasteiger partial charge in [-0.15, -0.1) is 24.8 Å². The van der Waals surface area contributed by atoms with Gasteiger partial charge in [0.1, 0.15) is 0 Å². The molecule has 0 aromatic carbocycles. The highest BCUT2D eigenvalue weighted by atomic mass is 35.5. The maximum atomic E-state index is 5.31. The molecule has 8 heteroatoms. The minimum absolute atomic E-state index is 0. The molecule has 0 unspecified atom stereocenters. The molecule has 2 heterocycles. The summed E-state index contributed by atoms with van der Waals surface area (Å²) in [6.45, 7) is 5.75. The van der Waals surface area contributed by atoms with E-state index in [2.05, 4.69) is 10.6 Å². The zero-order valence-electron chi connectivity index (χ0n) is 15.4.